The second-order valence-electron chi connectivity index (χ2n) is 6.30. The van der Waals surface area contributed by atoms with E-state index in [1.165, 1.54) is 0 Å². The van der Waals surface area contributed by atoms with E-state index in [4.69, 9.17) is 11.6 Å². The number of piperidine rings is 1. The van der Waals surface area contributed by atoms with E-state index in [1.54, 1.807) is 13.1 Å². The largest absolute Gasteiger partial charge is 0.345 e. The number of carbonyl (C=O) groups is 1. The van der Waals surface area contributed by atoms with Gasteiger partial charge in [0.15, 0.2) is 10.8 Å². The average Bonchev–Trinajstić information content (AvgIpc) is 2.41. The predicted octanol–water partition coefficient (Wildman–Crippen LogP) is 2.43. The van der Waals surface area contributed by atoms with Crippen LogP contribution in [0.25, 0.3) is 0 Å². The van der Waals surface area contributed by atoms with Crippen molar-refractivity contribution in [1.82, 2.24) is 20.2 Å². The molecular weight excluding hydrogens is 288 g/mol. The second-order valence-corrected chi connectivity index (χ2v) is 6.65. The summed E-state index contributed by atoms with van der Waals surface area (Å²) in [5.41, 5.74) is 0.686. The molecule has 1 aromatic heterocycles. The van der Waals surface area contributed by atoms with Crippen LogP contribution in [0.2, 0.25) is 5.15 Å². The molecule has 0 aliphatic carbocycles. The summed E-state index contributed by atoms with van der Waals surface area (Å²) < 4.78 is 0. The number of halogens is 1. The van der Waals surface area contributed by atoms with Gasteiger partial charge in [-0.1, -0.05) is 11.6 Å². The number of likely N-dealkylation sites (tertiary alicyclic amines) is 1. The number of amides is 1. The molecule has 116 valence electrons. The van der Waals surface area contributed by atoms with Gasteiger partial charge in [-0.2, -0.15) is 0 Å². The molecule has 1 aliphatic heterocycles. The van der Waals surface area contributed by atoms with Crippen LogP contribution in [-0.4, -0.2) is 45.4 Å². The van der Waals surface area contributed by atoms with Crippen LogP contribution >= 0.6 is 11.6 Å². The van der Waals surface area contributed by atoms with E-state index in [9.17, 15) is 4.79 Å². The van der Waals surface area contributed by atoms with Gasteiger partial charge < -0.3 is 10.2 Å². The standard InChI is InChI=1S/C15H23ClN4O/c1-10(2)20-7-5-15(4,6-8-20)19-14(21)12-13(16)17-9-11(3)18-12/h9-10H,5-8H2,1-4H3,(H,19,21). The molecule has 1 aromatic rings. The lowest BCUT2D eigenvalue weighted by molar-refractivity contribution is 0.0796. The Morgan fingerprint density at radius 1 is 1.43 bits per heavy atom. The first-order valence-electron chi connectivity index (χ1n) is 7.36. The van der Waals surface area contributed by atoms with Crippen molar-refractivity contribution in [2.24, 2.45) is 0 Å². The van der Waals surface area contributed by atoms with Crippen molar-refractivity contribution in [2.75, 3.05) is 13.1 Å². The zero-order chi connectivity index (χ0) is 15.6. The lowest BCUT2D eigenvalue weighted by Gasteiger charge is -2.41. The van der Waals surface area contributed by atoms with Crippen molar-refractivity contribution >= 4 is 17.5 Å². The van der Waals surface area contributed by atoms with Crippen LogP contribution in [0, 0.1) is 6.92 Å². The first-order chi connectivity index (χ1) is 9.81. The van der Waals surface area contributed by atoms with Crippen LogP contribution in [0.4, 0.5) is 0 Å². The van der Waals surface area contributed by atoms with Crippen LogP contribution in [-0.2, 0) is 0 Å². The fourth-order valence-electron chi connectivity index (χ4n) is 2.60. The van der Waals surface area contributed by atoms with Crippen LogP contribution in [0.15, 0.2) is 6.20 Å². The van der Waals surface area contributed by atoms with Crippen molar-refractivity contribution in [3.8, 4) is 0 Å². The fraction of sp³-hybridized carbons (Fsp3) is 0.667. The molecule has 6 heteroatoms. The van der Waals surface area contributed by atoms with E-state index in [0.717, 1.165) is 25.9 Å². The molecule has 0 saturated carbocycles. The number of rotatable bonds is 3. The second kappa shape index (κ2) is 6.28. The Hall–Kier alpha value is -1.20. The van der Waals surface area contributed by atoms with E-state index >= 15 is 0 Å². The van der Waals surface area contributed by atoms with E-state index in [-0.39, 0.29) is 22.3 Å². The molecule has 0 radical (unpaired) electrons. The molecule has 0 atom stereocenters. The molecule has 1 amide bonds. The molecule has 1 saturated heterocycles. The molecule has 5 nitrogen and oxygen atoms in total. The van der Waals surface area contributed by atoms with Gasteiger partial charge in [0.05, 0.1) is 5.69 Å². The average molecular weight is 311 g/mol. The molecule has 0 bridgehead atoms. The molecule has 1 aliphatic rings. The van der Waals surface area contributed by atoms with Gasteiger partial charge in [0.25, 0.3) is 5.91 Å². The van der Waals surface area contributed by atoms with E-state index in [1.807, 2.05) is 0 Å². The van der Waals surface area contributed by atoms with Crippen molar-refractivity contribution in [1.29, 1.82) is 0 Å². The highest BCUT2D eigenvalue weighted by atomic mass is 35.5. The van der Waals surface area contributed by atoms with Gasteiger partial charge in [0, 0.05) is 30.9 Å². The Morgan fingerprint density at radius 2 is 2.05 bits per heavy atom. The maximum Gasteiger partial charge on any atom is 0.273 e. The molecule has 1 fully saturated rings. The van der Waals surface area contributed by atoms with Gasteiger partial charge in [-0.25, -0.2) is 9.97 Å². The smallest absolute Gasteiger partial charge is 0.273 e. The number of hydrogen-bond acceptors (Lipinski definition) is 4. The lowest BCUT2D eigenvalue weighted by Crippen LogP contribution is -2.54. The maximum atomic E-state index is 12.4. The van der Waals surface area contributed by atoms with Gasteiger partial charge in [-0.3, -0.25) is 4.79 Å². The monoisotopic (exact) mass is 310 g/mol. The molecule has 0 aromatic carbocycles. The summed E-state index contributed by atoms with van der Waals surface area (Å²) in [5.74, 6) is -0.239. The first-order valence-corrected chi connectivity index (χ1v) is 7.74. The zero-order valence-corrected chi connectivity index (χ0v) is 13.9. The van der Waals surface area contributed by atoms with Crippen molar-refractivity contribution < 1.29 is 4.79 Å². The summed E-state index contributed by atoms with van der Waals surface area (Å²) in [6.07, 6.45) is 3.41. The quantitative estimate of drug-likeness (QED) is 0.931. The molecule has 0 unspecified atom stereocenters. The minimum Gasteiger partial charge on any atom is -0.345 e. The Morgan fingerprint density at radius 3 is 2.62 bits per heavy atom. The number of hydrogen-bond donors (Lipinski definition) is 1. The SMILES string of the molecule is Cc1cnc(Cl)c(C(=O)NC2(C)CCN(C(C)C)CC2)n1. The van der Waals surface area contributed by atoms with Crippen LogP contribution in [0.5, 0.6) is 0 Å². The topological polar surface area (TPSA) is 58.1 Å². The highest BCUT2D eigenvalue weighted by molar-refractivity contribution is 6.32. The van der Waals surface area contributed by atoms with Gasteiger partial charge in [0.1, 0.15) is 0 Å². The van der Waals surface area contributed by atoms with Gasteiger partial charge >= 0.3 is 0 Å². The minimum absolute atomic E-state index is 0.154. The summed E-state index contributed by atoms with van der Waals surface area (Å²) in [7, 11) is 0. The first kappa shape index (κ1) is 16.2. The third-order valence-electron chi connectivity index (χ3n) is 4.11. The third kappa shape index (κ3) is 3.92. The summed E-state index contributed by atoms with van der Waals surface area (Å²) in [6, 6.07) is 0.544. The number of carbonyl (C=O) groups excluding carboxylic acids is 1. The van der Waals surface area contributed by atoms with Crippen molar-refractivity contribution in [3.63, 3.8) is 0 Å². The van der Waals surface area contributed by atoms with Gasteiger partial charge in [0.2, 0.25) is 0 Å². The highest BCUT2D eigenvalue weighted by Gasteiger charge is 2.33. The molecule has 21 heavy (non-hydrogen) atoms. The summed E-state index contributed by atoms with van der Waals surface area (Å²) in [6.45, 7) is 10.2. The van der Waals surface area contributed by atoms with Crippen LogP contribution in [0.3, 0.4) is 0 Å². The number of aromatic nitrogens is 2. The van der Waals surface area contributed by atoms with Crippen molar-refractivity contribution in [2.45, 2.75) is 52.1 Å². The summed E-state index contributed by atoms with van der Waals surface area (Å²) in [5, 5.41) is 3.24. The normalized spacial score (nSPS) is 18.8. The van der Waals surface area contributed by atoms with E-state index < -0.39 is 0 Å². The van der Waals surface area contributed by atoms with E-state index in [0.29, 0.717) is 11.7 Å². The number of nitrogens with zero attached hydrogens (tertiary/aromatic N) is 3. The Kier molecular flexibility index (Phi) is 4.84. The molecule has 2 heterocycles. The van der Waals surface area contributed by atoms with Crippen LogP contribution < -0.4 is 5.32 Å². The lowest BCUT2D eigenvalue weighted by atomic mass is 9.89. The minimum atomic E-state index is -0.239. The third-order valence-corrected chi connectivity index (χ3v) is 4.39. The highest BCUT2D eigenvalue weighted by Crippen LogP contribution is 2.24. The Labute approximate surface area is 131 Å². The molecule has 0 spiro atoms. The summed E-state index contributed by atoms with van der Waals surface area (Å²) in [4.78, 5) is 23.0. The van der Waals surface area contributed by atoms with Crippen LogP contribution in [0.1, 0.15) is 49.8 Å². The molecular formula is C15H23ClN4O. The van der Waals surface area contributed by atoms with E-state index in [2.05, 4.69) is 41.0 Å². The summed E-state index contributed by atoms with van der Waals surface area (Å²) >= 11 is 5.98. The van der Waals surface area contributed by atoms with Crippen molar-refractivity contribution in [3.05, 3.63) is 22.7 Å². The Balaban J connectivity index is 2.04. The van der Waals surface area contributed by atoms with Gasteiger partial charge in [-0.15, -0.1) is 0 Å². The van der Waals surface area contributed by atoms with Gasteiger partial charge in [-0.05, 0) is 40.5 Å². The zero-order valence-electron chi connectivity index (χ0n) is 13.1. The Bertz CT molecular complexity index is 524. The predicted molar refractivity (Wildman–Crippen MR) is 83.6 cm³/mol. The number of nitrogens with one attached hydrogen (secondary N) is 1. The molecule has 2 rings (SSSR count). The fourth-order valence-corrected chi connectivity index (χ4v) is 2.78. The number of aryl methyl sites for hydroxylation is 1. The molecule has 1 N–H and O–H groups in total. The maximum absolute atomic E-state index is 12.4.